The quantitative estimate of drug-likeness (QED) is 0.290. The third-order valence-electron chi connectivity index (χ3n) is 5.42. The average Bonchev–Trinajstić information content (AvgIpc) is 3.11. The number of rotatable bonds is 3. The van der Waals surface area contributed by atoms with Crippen LogP contribution >= 0.6 is 15.9 Å². The van der Waals surface area contributed by atoms with Gasteiger partial charge in [0.2, 0.25) is 11.8 Å². The number of nitrogens with zero attached hydrogens (tertiary/aromatic N) is 3. The first-order valence-electron chi connectivity index (χ1n) is 9.68. The molecule has 2 aromatic carbocycles. The fourth-order valence-corrected chi connectivity index (χ4v) is 4.36. The van der Waals surface area contributed by atoms with Crippen LogP contribution in [0.25, 0.3) is 16.6 Å². The van der Waals surface area contributed by atoms with Crippen LogP contribution in [0.5, 0.6) is 11.8 Å². The number of para-hydroxylation sites is 1. The molecular formula is C24H18BrN3O3. The number of halogens is 1. The second-order valence-electron chi connectivity index (χ2n) is 7.32. The number of methoxy groups -OCH3 is 1. The average molecular weight is 476 g/mol. The minimum atomic E-state index is -0.487. The van der Waals surface area contributed by atoms with Crippen molar-refractivity contribution >= 4 is 32.8 Å². The molecule has 3 heterocycles. The molecule has 1 aliphatic rings. The van der Waals surface area contributed by atoms with Gasteiger partial charge in [-0.2, -0.15) is 5.10 Å². The first kappa shape index (κ1) is 19.5. The lowest BCUT2D eigenvalue weighted by molar-refractivity contribution is -0.136. The zero-order chi connectivity index (χ0) is 21.7. The first-order valence-corrected chi connectivity index (χ1v) is 10.5. The Balaban J connectivity index is 1.78. The van der Waals surface area contributed by atoms with Crippen molar-refractivity contribution in [2.75, 3.05) is 7.11 Å². The van der Waals surface area contributed by atoms with E-state index in [1.807, 2.05) is 61.5 Å². The standard InChI is InChI=1S/C24H18BrN3O3/c1-13(24(29)30-3)20-18-12-15-11-16(25)9-10-19(15)26-22(18)31-23-21(20)14(2)27-28(23)17-7-5-4-6-8-17/h4-12,20H,1H2,2-3H3/t20-/m0/s1. The van der Waals surface area contributed by atoms with Crippen LogP contribution in [0.2, 0.25) is 0 Å². The molecule has 0 unspecified atom stereocenters. The summed E-state index contributed by atoms with van der Waals surface area (Å²) >= 11 is 3.51. The Kier molecular flexibility index (Phi) is 4.63. The van der Waals surface area contributed by atoms with E-state index < -0.39 is 11.9 Å². The van der Waals surface area contributed by atoms with Crippen molar-refractivity contribution in [3.63, 3.8) is 0 Å². The molecule has 154 valence electrons. The van der Waals surface area contributed by atoms with Gasteiger partial charge in [-0.25, -0.2) is 14.5 Å². The number of fused-ring (bicyclic) bond motifs is 3. The molecule has 7 heteroatoms. The molecular weight excluding hydrogens is 458 g/mol. The predicted octanol–water partition coefficient (Wildman–Crippen LogP) is 5.46. The Morgan fingerprint density at radius 1 is 1.19 bits per heavy atom. The maximum absolute atomic E-state index is 12.5. The Labute approximate surface area is 187 Å². The summed E-state index contributed by atoms with van der Waals surface area (Å²) in [5.41, 5.74) is 4.22. The summed E-state index contributed by atoms with van der Waals surface area (Å²) in [6.45, 7) is 5.96. The summed E-state index contributed by atoms with van der Waals surface area (Å²) in [5, 5.41) is 5.64. The maximum atomic E-state index is 12.5. The van der Waals surface area contributed by atoms with Gasteiger partial charge in [0.05, 0.1) is 35.5 Å². The van der Waals surface area contributed by atoms with E-state index in [4.69, 9.17) is 19.6 Å². The monoisotopic (exact) mass is 475 g/mol. The number of hydrogen-bond acceptors (Lipinski definition) is 5. The molecule has 0 fully saturated rings. The molecule has 2 aromatic heterocycles. The van der Waals surface area contributed by atoms with Crippen LogP contribution < -0.4 is 4.74 Å². The van der Waals surface area contributed by atoms with Crippen LogP contribution in [0.1, 0.15) is 22.7 Å². The summed E-state index contributed by atoms with van der Waals surface area (Å²) in [7, 11) is 1.35. The van der Waals surface area contributed by atoms with Crippen molar-refractivity contribution in [2.24, 2.45) is 0 Å². The highest BCUT2D eigenvalue weighted by Crippen LogP contribution is 2.49. The Morgan fingerprint density at radius 2 is 1.97 bits per heavy atom. The van der Waals surface area contributed by atoms with Crippen LogP contribution in [0.4, 0.5) is 0 Å². The lowest BCUT2D eigenvalue weighted by atomic mass is 9.84. The van der Waals surface area contributed by atoms with E-state index in [9.17, 15) is 4.79 Å². The third-order valence-corrected chi connectivity index (χ3v) is 5.92. The van der Waals surface area contributed by atoms with E-state index in [1.165, 1.54) is 7.11 Å². The van der Waals surface area contributed by atoms with Gasteiger partial charge in [-0.05, 0) is 43.3 Å². The summed E-state index contributed by atoms with van der Waals surface area (Å²) in [6, 6.07) is 17.5. The normalized spacial score (nSPS) is 14.5. The number of aromatic nitrogens is 3. The van der Waals surface area contributed by atoms with Crippen LogP contribution in [-0.4, -0.2) is 27.8 Å². The molecule has 0 aliphatic carbocycles. The predicted molar refractivity (Wildman–Crippen MR) is 121 cm³/mol. The number of carbonyl (C=O) groups is 1. The minimum Gasteiger partial charge on any atom is -0.466 e. The van der Waals surface area contributed by atoms with E-state index in [1.54, 1.807) is 4.68 Å². The molecule has 31 heavy (non-hydrogen) atoms. The SMILES string of the molecule is C=C(C(=O)OC)[C@H]1c2cc3cc(Br)ccc3nc2Oc2c1c(C)nn2-c1ccccc1. The highest BCUT2D eigenvalue weighted by atomic mass is 79.9. The minimum absolute atomic E-state index is 0.306. The van der Waals surface area contributed by atoms with Crippen LogP contribution in [0.15, 0.2) is 71.2 Å². The van der Waals surface area contributed by atoms with Gasteiger partial charge in [-0.1, -0.05) is 40.7 Å². The number of carbonyl (C=O) groups excluding carboxylic acids is 1. The second-order valence-corrected chi connectivity index (χ2v) is 8.24. The zero-order valence-electron chi connectivity index (χ0n) is 16.9. The highest BCUT2D eigenvalue weighted by Gasteiger charge is 2.38. The van der Waals surface area contributed by atoms with Gasteiger partial charge < -0.3 is 9.47 Å². The fraction of sp³-hybridized carbons (Fsp3) is 0.125. The lowest BCUT2D eigenvalue weighted by Gasteiger charge is -2.27. The van der Waals surface area contributed by atoms with Crippen molar-refractivity contribution in [3.05, 3.63) is 88.0 Å². The van der Waals surface area contributed by atoms with Gasteiger partial charge in [0.15, 0.2) is 0 Å². The molecule has 0 bridgehead atoms. The van der Waals surface area contributed by atoms with E-state index in [0.29, 0.717) is 17.3 Å². The van der Waals surface area contributed by atoms with Gasteiger partial charge in [-0.3, -0.25) is 0 Å². The largest absolute Gasteiger partial charge is 0.466 e. The van der Waals surface area contributed by atoms with Crippen LogP contribution in [0, 0.1) is 6.92 Å². The summed E-state index contributed by atoms with van der Waals surface area (Å²) < 4.78 is 14.0. The van der Waals surface area contributed by atoms with Crippen molar-refractivity contribution < 1.29 is 14.3 Å². The lowest BCUT2D eigenvalue weighted by Crippen LogP contribution is -2.19. The fourth-order valence-electron chi connectivity index (χ4n) is 3.99. The third kappa shape index (κ3) is 3.13. The number of hydrogen-bond donors (Lipinski definition) is 0. The number of benzene rings is 2. The van der Waals surface area contributed by atoms with E-state index in [2.05, 4.69) is 22.5 Å². The highest BCUT2D eigenvalue weighted by molar-refractivity contribution is 9.10. The molecule has 0 N–H and O–H groups in total. The Bertz CT molecular complexity index is 1360. The number of esters is 1. The molecule has 0 amide bonds. The van der Waals surface area contributed by atoms with Crippen molar-refractivity contribution in [2.45, 2.75) is 12.8 Å². The number of pyridine rings is 1. The molecule has 0 saturated carbocycles. The molecule has 1 atom stereocenters. The molecule has 1 aliphatic heterocycles. The first-order chi connectivity index (χ1) is 15.0. The van der Waals surface area contributed by atoms with E-state index in [0.717, 1.165) is 37.9 Å². The van der Waals surface area contributed by atoms with Crippen LogP contribution in [0.3, 0.4) is 0 Å². The zero-order valence-corrected chi connectivity index (χ0v) is 18.5. The Hall–Kier alpha value is -3.45. The van der Waals surface area contributed by atoms with E-state index in [-0.39, 0.29) is 0 Å². The van der Waals surface area contributed by atoms with Crippen molar-refractivity contribution in [1.82, 2.24) is 14.8 Å². The topological polar surface area (TPSA) is 66.2 Å². The van der Waals surface area contributed by atoms with Crippen molar-refractivity contribution in [1.29, 1.82) is 0 Å². The van der Waals surface area contributed by atoms with Gasteiger partial charge in [0.25, 0.3) is 0 Å². The molecule has 6 nitrogen and oxygen atoms in total. The molecule has 0 saturated heterocycles. The summed E-state index contributed by atoms with van der Waals surface area (Å²) in [5.74, 6) is -0.0192. The molecule has 0 radical (unpaired) electrons. The maximum Gasteiger partial charge on any atom is 0.334 e. The number of ether oxygens (including phenoxy) is 2. The number of aryl methyl sites for hydroxylation is 1. The Morgan fingerprint density at radius 3 is 2.71 bits per heavy atom. The summed E-state index contributed by atoms with van der Waals surface area (Å²) in [4.78, 5) is 17.3. The molecule has 0 spiro atoms. The van der Waals surface area contributed by atoms with E-state index >= 15 is 0 Å². The van der Waals surface area contributed by atoms with Crippen LogP contribution in [-0.2, 0) is 9.53 Å². The van der Waals surface area contributed by atoms with Gasteiger partial charge in [0, 0.05) is 21.0 Å². The van der Waals surface area contributed by atoms with Gasteiger partial charge >= 0.3 is 5.97 Å². The van der Waals surface area contributed by atoms with Gasteiger partial charge in [0.1, 0.15) is 0 Å². The second kappa shape index (κ2) is 7.35. The van der Waals surface area contributed by atoms with Gasteiger partial charge in [-0.15, -0.1) is 0 Å². The molecule has 5 rings (SSSR count). The van der Waals surface area contributed by atoms with Crippen molar-refractivity contribution in [3.8, 4) is 17.4 Å². The summed E-state index contributed by atoms with van der Waals surface area (Å²) in [6.07, 6.45) is 0. The smallest absolute Gasteiger partial charge is 0.334 e. The molecule has 4 aromatic rings.